The van der Waals surface area contributed by atoms with E-state index in [1.165, 1.54) is 0 Å². The van der Waals surface area contributed by atoms with E-state index in [-0.39, 0.29) is 11.9 Å². The molecule has 1 amide bonds. The van der Waals surface area contributed by atoms with Gasteiger partial charge < -0.3 is 9.73 Å². The number of carbonyl (C=O) groups excluding carboxylic acids is 1. The Kier molecular flexibility index (Phi) is 4.29. The van der Waals surface area contributed by atoms with Gasteiger partial charge in [0.05, 0.1) is 6.54 Å². The van der Waals surface area contributed by atoms with Crippen molar-refractivity contribution in [1.29, 1.82) is 0 Å². The average Bonchev–Trinajstić information content (AvgIpc) is 3.21. The zero-order valence-corrected chi connectivity index (χ0v) is 13.1. The average molecular weight is 298 g/mol. The van der Waals surface area contributed by atoms with E-state index in [0.717, 1.165) is 29.9 Å². The summed E-state index contributed by atoms with van der Waals surface area (Å²) in [5.41, 5.74) is 1.01. The molecular formula is C18H22N2O2. The lowest BCUT2D eigenvalue weighted by Crippen LogP contribution is -2.39. The second-order valence-electron chi connectivity index (χ2n) is 6.02. The Morgan fingerprint density at radius 3 is 2.59 bits per heavy atom. The molecule has 0 saturated heterocycles. The number of nitrogens with zero attached hydrogens (tertiary/aromatic N) is 1. The molecule has 1 aromatic heterocycles. The maximum Gasteiger partial charge on any atom is 0.242 e. The van der Waals surface area contributed by atoms with E-state index in [1.54, 1.807) is 0 Å². The third-order valence-electron chi connectivity index (χ3n) is 3.93. The molecule has 4 heteroatoms. The topological polar surface area (TPSA) is 45.5 Å². The molecule has 0 aliphatic heterocycles. The Hall–Kier alpha value is -2.07. The van der Waals surface area contributed by atoms with Crippen LogP contribution in [0.3, 0.4) is 0 Å². The van der Waals surface area contributed by atoms with Crippen molar-refractivity contribution in [2.45, 2.75) is 38.4 Å². The summed E-state index contributed by atoms with van der Waals surface area (Å²) in [6.07, 6.45) is 2.18. The number of furan rings is 1. The van der Waals surface area contributed by atoms with Gasteiger partial charge in [-0.1, -0.05) is 30.3 Å². The molecule has 1 aliphatic rings. The number of rotatable bonds is 6. The zero-order valence-electron chi connectivity index (χ0n) is 13.1. The molecule has 4 nitrogen and oxygen atoms in total. The van der Waals surface area contributed by atoms with Gasteiger partial charge in [0.1, 0.15) is 17.6 Å². The van der Waals surface area contributed by atoms with Crippen molar-refractivity contribution >= 4 is 5.91 Å². The lowest BCUT2D eigenvalue weighted by atomic mass is 10.0. The minimum absolute atomic E-state index is 0.0690. The van der Waals surface area contributed by atoms with Crippen LogP contribution in [0, 0.1) is 6.92 Å². The van der Waals surface area contributed by atoms with Gasteiger partial charge in [-0.3, -0.25) is 9.69 Å². The first-order valence-electron chi connectivity index (χ1n) is 7.74. The Bertz CT molecular complexity index is 632. The van der Waals surface area contributed by atoms with Gasteiger partial charge in [0.2, 0.25) is 5.91 Å². The quantitative estimate of drug-likeness (QED) is 0.891. The molecule has 1 fully saturated rings. The highest BCUT2D eigenvalue weighted by atomic mass is 16.3. The van der Waals surface area contributed by atoms with Crippen LogP contribution in [0.4, 0.5) is 0 Å². The largest absolute Gasteiger partial charge is 0.465 e. The molecule has 3 rings (SSSR count). The number of amides is 1. The van der Waals surface area contributed by atoms with E-state index in [1.807, 2.05) is 61.3 Å². The van der Waals surface area contributed by atoms with Gasteiger partial charge in [-0.25, -0.2) is 0 Å². The third kappa shape index (κ3) is 3.57. The van der Waals surface area contributed by atoms with Crippen molar-refractivity contribution in [3.05, 3.63) is 59.5 Å². The monoisotopic (exact) mass is 298 g/mol. The van der Waals surface area contributed by atoms with Crippen LogP contribution in [0.2, 0.25) is 0 Å². The molecule has 0 unspecified atom stereocenters. The first kappa shape index (κ1) is 14.9. The Morgan fingerprint density at radius 1 is 1.27 bits per heavy atom. The van der Waals surface area contributed by atoms with Crippen molar-refractivity contribution in [2.24, 2.45) is 0 Å². The van der Waals surface area contributed by atoms with Crippen molar-refractivity contribution in [3.63, 3.8) is 0 Å². The summed E-state index contributed by atoms with van der Waals surface area (Å²) in [5.74, 6) is 1.83. The predicted octanol–water partition coefficient (Wildman–Crippen LogP) is 3.04. The highest BCUT2D eigenvalue weighted by molar-refractivity contribution is 5.83. The minimum atomic E-state index is -0.299. The molecular weight excluding hydrogens is 276 g/mol. The first-order chi connectivity index (χ1) is 10.6. The fraction of sp³-hybridized carbons (Fsp3) is 0.389. The highest BCUT2D eigenvalue weighted by Gasteiger charge is 2.30. The van der Waals surface area contributed by atoms with E-state index < -0.39 is 0 Å². The number of carbonyl (C=O) groups is 1. The van der Waals surface area contributed by atoms with Gasteiger partial charge in [0.25, 0.3) is 0 Å². The van der Waals surface area contributed by atoms with Crippen LogP contribution in [0.15, 0.2) is 46.9 Å². The maximum atomic E-state index is 12.6. The van der Waals surface area contributed by atoms with E-state index in [4.69, 9.17) is 4.42 Å². The van der Waals surface area contributed by atoms with Crippen LogP contribution in [0.25, 0.3) is 0 Å². The third-order valence-corrected chi connectivity index (χ3v) is 3.93. The summed E-state index contributed by atoms with van der Waals surface area (Å²) < 4.78 is 5.64. The smallest absolute Gasteiger partial charge is 0.242 e. The number of benzene rings is 1. The summed E-state index contributed by atoms with van der Waals surface area (Å²) in [6.45, 7) is 2.53. The van der Waals surface area contributed by atoms with Crippen LogP contribution >= 0.6 is 0 Å². The fourth-order valence-electron chi connectivity index (χ4n) is 2.66. The highest BCUT2D eigenvalue weighted by Crippen LogP contribution is 2.25. The zero-order chi connectivity index (χ0) is 15.5. The molecule has 116 valence electrons. The van der Waals surface area contributed by atoms with E-state index in [9.17, 15) is 4.79 Å². The summed E-state index contributed by atoms with van der Waals surface area (Å²) >= 11 is 0. The minimum Gasteiger partial charge on any atom is -0.465 e. The Morgan fingerprint density at radius 2 is 2.00 bits per heavy atom. The molecule has 0 bridgehead atoms. The van der Waals surface area contributed by atoms with Crippen molar-refractivity contribution in [2.75, 3.05) is 7.05 Å². The summed E-state index contributed by atoms with van der Waals surface area (Å²) in [6, 6.07) is 13.9. The number of hydrogen-bond acceptors (Lipinski definition) is 3. The summed E-state index contributed by atoms with van der Waals surface area (Å²) in [4.78, 5) is 14.7. The van der Waals surface area contributed by atoms with Crippen LogP contribution < -0.4 is 5.32 Å². The second kappa shape index (κ2) is 6.36. The van der Waals surface area contributed by atoms with Gasteiger partial charge >= 0.3 is 0 Å². The van der Waals surface area contributed by atoms with Gasteiger partial charge in [-0.05, 0) is 44.5 Å². The number of hydrogen-bond donors (Lipinski definition) is 1. The molecule has 22 heavy (non-hydrogen) atoms. The van der Waals surface area contributed by atoms with Gasteiger partial charge in [0, 0.05) is 6.04 Å². The Balaban J connectivity index is 1.78. The molecule has 0 radical (unpaired) electrons. The standard InChI is InChI=1S/C18H22N2O2/c1-13-8-11-16(22-13)12-20(2)17(14-6-4-3-5-7-14)18(21)19-15-9-10-15/h3-8,11,15,17H,9-10,12H2,1-2H3,(H,19,21)/t17-/m0/s1. The molecule has 2 aromatic rings. The van der Waals surface area contributed by atoms with Crippen molar-refractivity contribution in [3.8, 4) is 0 Å². The molecule has 1 N–H and O–H groups in total. The van der Waals surface area contributed by atoms with Crippen LogP contribution in [-0.4, -0.2) is 23.9 Å². The summed E-state index contributed by atoms with van der Waals surface area (Å²) in [7, 11) is 1.96. The van der Waals surface area contributed by atoms with E-state index in [0.29, 0.717) is 12.6 Å². The van der Waals surface area contributed by atoms with E-state index >= 15 is 0 Å². The van der Waals surface area contributed by atoms with Crippen LogP contribution in [-0.2, 0) is 11.3 Å². The van der Waals surface area contributed by atoms with Crippen molar-refractivity contribution in [1.82, 2.24) is 10.2 Å². The molecule has 1 atom stereocenters. The number of aryl methyl sites for hydroxylation is 1. The first-order valence-corrected chi connectivity index (χ1v) is 7.74. The van der Waals surface area contributed by atoms with Gasteiger partial charge in [-0.15, -0.1) is 0 Å². The molecule has 1 aliphatic carbocycles. The number of nitrogens with one attached hydrogen (secondary N) is 1. The number of likely N-dealkylation sites (N-methyl/N-ethyl adjacent to an activating group) is 1. The van der Waals surface area contributed by atoms with Crippen LogP contribution in [0.5, 0.6) is 0 Å². The lowest BCUT2D eigenvalue weighted by Gasteiger charge is -2.27. The fourth-order valence-corrected chi connectivity index (χ4v) is 2.66. The second-order valence-corrected chi connectivity index (χ2v) is 6.02. The molecule has 1 saturated carbocycles. The van der Waals surface area contributed by atoms with Crippen molar-refractivity contribution < 1.29 is 9.21 Å². The lowest BCUT2D eigenvalue weighted by molar-refractivity contribution is -0.126. The maximum absolute atomic E-state index is 12.6. The van der Waals surface area contributed by atoms with Crippen LogP contribution in [0.1, 0.15) is 36.0 Å². The normalized spacial score (nSPS) is 15.8. The summed E-state index contributed by atoms with van der Waals surface area (Å²) in [5, 5.41) is 3.11. The molecule has 0 spiro atoms. The molecule has 1 aromatic carbocycles. The molecule has 1 heterocycles. The van der Waals surface area contributed by atoms with Gasteiger partial charge in [0.15, 0.2) is 0 Å². The Labute approximate surface area is 131 Å². The SMILES string of the molecule is Cc1ccc(CN(C)[C@H](C(=O)NC2CC2)c2ccccc2)o1. The van der Waals surface area contributed by atoms with E-state index in [2.05, 4.69) is 5.32 Å². The predicted molar refractivity (Wildman–Crippen MR) is 85.3 cm³/mol. The van der Waals surface area contributed by atoms with Gasteiger partial charge in [-0.2, -0.15) is 0 Å².